The Morgan fingerprint density at radius 3 is 1.52 bits per heavy atom. The summed E-state index contributed by atoms with van der Waals surface area (Å²) in [6, 6.07) is 51.6. The highest BCUT2D eigenvalue weighted by Crippen LogP contribution is 2.58. The fourth-order valence-corrected chi connectivity index (χ4v) is 7.22. The van der Waals surface area contributed by atoms with Crippen LogP contribution in [0.25, 0.3) is 45.3 Å². The van der Waals surface area contributed by atoms with Gasteiger partial charge in [-0.3, -0.25) is 0 Å². The second-order valence-corrected chi connectivity index (χ2v) is 12.9. The van der Waals surface area contributed by atoms with E-state index in [1.54, 1.807) is 0 Å². The Bertz CT molecular complexity index is 2100. The third-order valence-corrected chi connectivity index (χ3v) is 9.53. The van der Waals surface area contributed by atoms with E-state index in [0.29, 0.717) is 17.5 Å². The molecule has 0 fully saturated rings. The summed E-state index contributed by atoms with van der Waals surface area (Å²) in [4.78, 5) is 15.3. The summed E-state index contributed by atoms with van der Waals surface area (Å²) >= 11 is 3.83. The van der Waals surface area contributed by atoms with E-state index in [0.717, 1.165) is 26.7 Å². The molecule has 220 valence electrons. The number of rotatable bonds is 5. The minimum Gasteiger partial charge on any atom is -0.208 e. The van der Waals surface area contributed by atoms with Gasteiger partial charge in [0, 0.05) is 21.2 Å². The van der Waals surface area contributed by atoms with Crippen molar-refractivity contribution in [3.05, 3.63) is 183 Å². The zero-order valence-corrected chi connectivity index (χ0v) is 27.2. The maximum absolute atomic E-state index is 5.15. The molecule has 8 rings (SSSR count). The Morgan fingerprint density at radius 2 is 0.978 bits per heavy atom. The van der Waals surface area contributed by atoms with Gasteiger partial charge < -0.3 is 0 Å². The van der Waals surface area contributed by atoms with E-state index in [1.807, 2.05) is 36.4 Å². The summed E-state index contributed by atoms with van der Waals surface area (Å²) in [5, 5.41) is 0. The largest absolute Gasteiger partial charge is 0.208 e. The maximum Gasteiger partial charge on any atom is 0.164 e. The first-order valence-corrected chi connectivity index (χ1v) is 16.3. The molecule has 0 radical (unpaired) electrons. The van der Waals surface area contributed by atoms with E-state index < -0.39 is 5.41 Å². The molecular formula is C42H30BrN3. The van der Waals surface area contributed by atoms with Crippen molar-refractivity contribution in [1.82, 2.24) is 15.0 Å². The van der Waals surface area contributed by atoms with Gasteiger partial charge >= 0.3 is 0 Å². The van der Waals surface area contributed by atoms with Crippen LogP contribution >= 0.6 is 15.9 Å². The summed E-state index contributed by atoms with van der Waals surface area (Å²) in [5.41, 5.74) is 12.0. The van der Waals surface area contributed by atoms with Gasteiger partial charge in [0.25, 0.3) is 0 Å². The first-order valence-electron chi connectivity index (χ1n) is 15.5. The second-order valence-electron chi connectivity index (χ2n) is 11.9. The number of aromatic nitrogens is 3. The van der Waals surface area contributed by atoms with Gasteiger partial charge in [-0.1, -0.05) is 161 Å². The number of benzene rings is 6. The average molecular weight is 657 g/mol. The summed E-state index contributed by atoms with van der Waals surface area (Å²) in [5.74, 6) is 1.96. The zero-order chi connectivity index (χ0) is 31.3. The van der Waals surface area contributed by atoms with Gasteiger partial charge in [0.1, 0.15) is 0 Å². The Labute approximate surface area is 277 Å². The average Bonchev–Trinajstić information content (AvgIpc) is 3.40. The van der Waals surface area contributed by atoms with E-state index >= 15 is 0 Å². The van der Waals surface area contributed by atoms with Crippen molar-refractivity contribution in [2.45, 2.75) is 19.3 Å². The minimum atomic E-state index is -0.538. The lowest BCUT2D eigenvalue weighted by Gasteiger charge is -2.34. The topological polar surface area (TPSA) is 38.7 Å². The Kier molecular flexibility index (Phi) is 6.96. The maximum atomic E-state index is 5.15. The number of fused-ring (bicyclic) bond motifs is 3. The molecule has 0 bridgehead atoms. The standard InChI is InChI=1S/C42H30BrN3/c1-27-16-20-31(21-17-27)42(32-22-18-28(2)19-23-32)36-15-9-14-35(38(36)34-25-24-33(43)26-37(34)42)41-45-39(29-10-5-3-6-11-29)44-40(46-41)30-12-7-4-8-13-30/h3-26H,1-2H3. The molecule has 6 aromatic carbocycles. The Hall–Kier alpha value is -5.19. The molecule has 0 unspecified atom stereocenters. The van der Waals surface area contributed by atoms with Gasteiger partial charge in [0.2, 0.25) is 0 Å². The Morgan fingerprint density at radius 1 is 0.457 bits per heavy atom. The summed E-state index contributed by atoms with van der Waals surface area (Å²) in [6.45, 7) is 4.28. The van der Waals surface area contributed by atoms with E-state index in [1.165, 1.54) is 38.9 Å². The number of nitrogens with zero attached hydrogens (tertiary/aromatic N) is 3. The Balaban J connectivity index is 1.46. The molecule has 46 heavy (non-hydrogen) atoms. The van der Waals surface area contributed by atoms with Gasteiger partial charge in [0.05, 0.1) is 5.41 Å². The summed E-state index contributed by atoms with van der Waals surface area (Å²) in [6.07, 6.45) is 0. The molecule has 1 aliphatic carbocycles. The number of hydrogen-bond acceptors (Lipinski definition) is 3. The molecule has 1 aromatic heterocycles. The van der Waals surface area contributed by atoms with Crippen LogP contribution < -0.4 is 0 Å². The lowest BCUT2D eigenvalue weighted by molar-refractivity contribution is 0.767. The van der Waals surface area contributed by atoms with Crippen LogP contribution in [-0.2, 0) is 5.41 Å². The molecule has 7 aromatic rings. The molecule has 0 saturated carbocycles. The van der Waals surface area contributed by atoms with Crippen LogP contribution in [0.5, 0.6) is 0 Å². The highest BCUT2D eigenvalue weighted by Gasteiger charge is 2.47. The molecule has 0 atom stereocenters. The molecule has 4 heteroatoms. The predicted octanol–water partition coefficient (Wildman–Crippen LogP) is 10.6. The minimum absolute atomic E-state index is 0.538. The third-order valence-electron chi connectivity index (χ3n) is 9.03. The lowest BCUT2D eigenvalue weighted by Crippen LogP contribution is -2.28. The quantitative estimate of drug-likeness (QED) is 0.185. The van der Waals surface area contributed by atoms with Crippen LogP contribution in [0.2, 0.25) is 0 Å². The second kappa shape index (κ2) is 11.3. The summed E-state index contributed by atoms with van der Waals surface area (Å²) < 4.78 is 1.04. The molecule has 0 amide bonds. The molecule has 1 heterocycles. The monoisotopic (exact) mass is 655 g/mol. The van der Waals surface area contributed by atoms with Crippen molar-refractivity contribution in [1.29, 1.82) is 0 Å². The summed E-state index contributed by atoms with van der Waals surface area (Å²) in [7, 11) is 0. The van der Waals surface area contributed by atoms with Gasteiger partial charge in [-0.15, -0.1) is 0 Å². The molecule has 1 aliphatic rings. The number of hydrogen-bond donors (Lipinski definition) is 0. The first kappa shape index (κ1) is 28.3. The lowest BCUT2D eigenvalue weighted by atomic mass is 9.67. The molecule has 0 N–H and O–H groups in total. The van der Waals surface area contributed by atoms with Crippen LogP contribution in [0.15, 0.2) is 150 Å². The highest BCUT2D eigenvalue weighted by atomic mass is 79.9. The van der Waals surface area contributed by atoms with Gasteiger partial charge in [-0.25, -0.2) is 15.0 Å². The van der Waals surface area contributed by atoms with Gasteiger partial charge in [0.15, 0.2) is 17.5 Å². The first-order chi connectivity index (χ1) is 22.5. The normalized spacial score (nSPS) is 12.8. The van der Waals surface area contributed by atoms with E-state index in [2.05, 4.69) is 139 Å². The van der Waals surface area contributed by atoms with Crippen LogP contribution in [0.3, 0.4) is 0 Å². The highest BCUT2D eigenvalue weighted by molar-refractivity contribution is 9.10. The van der Waals surface area contributed by atoms with E-state index in [-0.39, 0.29) is 0 Å². The van der Waals surface area contributed by atoms with Crippen molar-refractivity contribution in [2.75, 3.05) is 0 Å². The number of aryl methyl sites for hydroxylation is 2. The van der Waals surface area contributed by atoms with Crippen LogP contribution in [0.4, 0.5) is 0 Å². The van der Waals surface area contributed by atoms with E-state index in [9.17, 15) is 0 Å². The third kappa shape index (κ3) is 4.60. The smallest absolute Gasteiger partial charge is 0.164 e. The van der Waals surface area contributed by atoms with Crippen LogP contribution in [0, 0.1) is 13.8 Å². The molecule has 0 spiro atoms. The van der Waals surface area contributed by atoms with Crippen molar-refractivity contribution in [2.24, 2.45) is 0 Å². The SMILES string of the molecule is Cc1ccc(C2(c3ccc(C)cc3)c3cc(Br)ccc3-c3c(-c4nc(-c5ccccc5)nc(-c5ccccc5)n4)cccc32)cc1. The van der Waals surface area contributed by atoms with Gasteiger partial charge in [-0.2, -0.15) is 0 Å². The molecule has 3 nitrogen and oxygen atoms in total. The van der Waals surface area contributed by atoms with Crippen LogP contribution in [0.1, 0.15) is 33.4 Å². The fourth-order valence-electron chi connectivity index (χ4n) is 6.86. The number of halogens is 1. The van der Waals surface area contributed by atoms with Gasteiger partial charge in [-0.05, 0) is 59.4 Å². The molecule has 0 saturated heterocycles. The van der Waals surface area contributed by atoms with Crippen molar-refractivity contribution >= 4 is 15.9 Å². The van der Waals surface area contributed by atoms with Crippen molar-refractivity contribution in [3.63, 3.8) is 0 Å². The predicted molar refractivity (Wildman–Crippen MR) is 191 cm³/mol. The zero-order valence-electron chi connectivity index (χ0n) is 25.6. The molecule has 0 aliphatic heterocycles. The van der Waals surface area contributed by atoms with Crippen LogP contribution in [-0.4, -0.2) is 15.0 Å². The van der Waals surface area contributed by atoms with Crippen molar-refractivity contribution < 1.29 is 0 Å². The van der Waals surface area contributed by atoms with Crippen molar-refractivity contribution in [3.8, 4) is 45.3 Å². The molecular weight excluding hydrogens is 626 g/mol. The fraction of sp³-hybridized carbons (Fsp3) is 0.0714. The van der Waals surface area contributed by atoms with E-state index in [4.69, 9.17) is 15.0 Å².